The number of hydrogen-bond acceptors (Lipinski definition) is 15. The van der Waals surface area contributed by atoms with Gasteiger partial charge < -0.3 is 55.6 Å². The molecule has 0 saturated carbocycles. The predicted molar refractivity (Wildman–Crippen MR) is 342 cm³/mol. The minimum atomic E-state index is -1.91. The van der Waals surface area contributed by atoms with Gasteiger partial charge in [0.1, 0.15) is 68.3 Å². The number of ether oxygens (including phenoxy) is 5. The molecule has 0 spiro atoms. The molecule has 0 aromatic heterocycles. The maximum absolute atomic E-state index is 15.2. The fraction of sp³-hybridized carbons (Fsp3) is 0.278. The van der Waals surface area contributed by atoms with Crippen LogP contribution in [0.3, 0.4) is 0 Å². The number of rotatable bonds is 32. The monoisotopic (exact) mass is 1260 g/mol. The van der Waals surface area contributed by atoms with Crippen molar-refractivity contribution in [3.05, 3.63) is 251 Å². The molecule has 0 saturated heterocycles. The van der Waals surface area contributed by atoms with Crippen LogP contribution in [0.25, 0.3) is 0 Å². The summed E-state index contributed by atoms with van der Waals surface area (Å²) in [6, 6.07) is 50.6. The van der Waals surface area contributed by atoms with Crippen molar-refractivity contribution in [3.63, 3.8) is 0 Å². The summed E-state index contributed by atoms with van der Waals surface area (Å²) in [5.41, 5.74) is 3.14. The Morgan fingerprint density at radius 1 is 0.301 bits per heavy atom. The van der Waals surface area contributed by atoms with Crippen molar-refractivity contribution in [2.45, 2.75) is 128 Å². The summed E-state index contributed by atoms with van der Waals surface area (Å²) >= 11 is 0. The summed E-state index contributed by atoms with van der Waals surface area (Å²) in [5, 5.41) is 15.6. The molecule has 6 amide bonds. The van der Waals surface area contributed by atoms with E-state index >= 15 is 4.79 Å². The van der Waals surface area contributed by atoms with E-state index in [1.54, 1.807) is 233 Å². The summed E-state index contributed by atoms with van der Waals surface area (Å²) < 4.78 is 27.7. The molecule has 0 heterocycles. The van der Waals surface area contributed by atoms with E-state index in [0.29, 0.717) is 38.9 Å². The number of esters is 4. The summed E-state index contributed by atoms with van der Waals surface area (Å²) in [7, 11) is 0. The van der Waals surface area contributed by atoms with Gasteiger partial charge in [-0.3, -0.25) is 33.6 Å². The largest absolute Gasteiger partial charge is 0.461 e. The van der Waals surface area contributed by atoms with Crippen molar-refractivity contribution in [3.8, 4) is 0 Å². The summed E-state index contributed by atoms with van der Waals surface area (Å²) in [5.74, 6) is -8.82. The molecule has 7 rings (SSSR count). The number of hydrogen-bond donors (Lipinski definition) is 6. The van der Waals surface area contributed by atoms with Crippen molar-refractivity contribution in [2.75, 3.05) is 0 Å². The molecule has 7 aromatic carbocycles. The molecule has 0 radical (unpaired) electrons. The first kappa shape index (κ1) is 69.5. The number of nitrogens with one attached hydrogen (secondary N) is 6. The second kappa shape index (κ2) is 36.0. The van der Waals surface area contributed by atoms with Crippen LogP contribution in [0.5, 0.6) is 0 Å². The second-order valence-corrected chi connectivity index (χ2v) is 22.7. The van der Waals surface area contributed by atoms with Gasteiger partial charge in [-0.1, -0.05) is 212 Å². The molecule has 0 aliphatic heterocycles. The van der Waals surface area contributed by atoms with Gasteiger partial charge in [-0.25, -0.2) is 14.4 Å². The van der Waals surface area contributed by atoms with Crippen molar-refractivity contribution in [1.82, 2.24) is 31.9 Å². The maximum Gasteiger partial charge on any atom is 0.408 e. The zero-order valence-corrected chi connectivity index (χ0v) is 51.9. The molecular formula is C72H76N6O15. The van der Waals surface area contributed by atoms with Gasteiger partial charge in [0, 0.05) is 19.3 Å². The van der Waals surface area contributed by atoms with Crippen LogP contribution in [0.1, 0.15) is 79.0 Å². The van der Waals surface area contributed by atoms with E-state index in [-0.39, 0.29) is 45.7 Å². The van der Waals surface area contributed by atoms with Crippen LogP contribution < -0.4 is 31.9 Å². The molecule has 6 N–H and O–H groups in total. The van der Waals surface area contributed by atoms with E-state index in [1.807, 2.05) is 0 Å². The Morgan fingerprint density at radius 3 is 0.882 bits per heavy atom. The van der Waals surface area contributed by atoms with Gasteiger partial charge in [-0.05, 0) is 59.7 Å². The lowest BCUT2D eigenvalue weighted by molar-refractivity contribution is -0.155. The SMILES string of the molecule is CC(C)(C)OC(=O)NC(Cc1ccccc1)C(=O)NC(CC(=O)NC(Cc1ccccc1)C(=O)NC(CC(=O)OCc1ccccc1)C(=O)OCc1ccccc1)C(=O)NC(Cc1ccccc1)C(=O)NC(CC(=O)OCc1ccccc1)C(=O)OCc1ccccc1. The zero-order valence-electron chi connectivity index (χ0n) is 51.9. The molecular weight excluding hydrogens is 1190 g/mol. The highest BCUT2D eigenvalue weighted by Crippen LogP contribution is 2.15. The molecule has 484 valence electrons. The van der Waals surface area contributed by atoms with Crippen LogP contribution in [0.2, 0.25) is 0 Å². The minimum Gasteiger partial charge on any atom is -0.461 e. The Labute approximate surface area is 539 Å². The quantitative estimate of drug-likeness (QED) is 0.0180. The number of carbonyl (C=O) groups is 10. The number of carbonyl (C=O) groups excluding carboxylic acids is 10. The minimum absolute atomic E-state index is 0.143. The van der Waals surface area contributed by atoms with E-state index in [1.165, 1.54) is 0 Å². The molecule has 6 atom stereocenters. The summed E-state index contributed by atoms with van der Waals surface area (Å²) in [6.45, 7) is 4.12. The highest BCUT2D eigenvalue weighted by Gasteiger charge is 2.37. The molecule has 0 aliphatic carbocycles. The Morgan fingerprint density at radius 2 is 0.559 bits per heavy atom. The summed E-state index contributed by atoms with van der Waals surface area (Å²) in [4.78, 5) is 143. The lowest BCUT2D eigenvalue weighted by Crippen LogP contribution is -2.60. The third-order valence-corrected chi connectivity index (χ3v) is 14.0. The fourth-order valence-electron chi connectivity index (χ4n) is 9.34. The molecule has 21 heteroatoms. The van der Waals surface area contributed by atoms with Gasteiger partial charge >= 0.3 is 30.0 Å². The summed E-state index contributed by atoms with van der Waals surface area (Å²) in [6.07, 6.45) is -3.90. The Balaban J connectivity index is 1.19. The van der Waals surface area contributed by atoms with Gasteiger partial charge in [0.15, 0.2) is 0 Å². The lowest BCUT2D eigenvalue weighted by atomic mass is 10.0. The Bertz CT molecular complexity index is 3570. The van der Waals surface area contributed by atoms with Gasteiger partial charge in [0.05, 0.1) is 19.3 Å². The van der Waals surface area contributed by atoms with Crippen LogP contribution in [0.4, 0.5) is 4.79 Å². The number of benzene rings is 7. The van der Waals surface area contributed by atoms with Crippen molar-refractivity contribution < 1.29 is 71.6 Å². The van der Waals surface area contributed by atoms with Gasteiger partial charge in [0.25, 0.3) is 0 Å². The predicted octanol–water partition coefficient (Wildman–Crippen LogP) is 7.18. The Hall–Kier alpha value is -11.0. The van der Waals surface area contributed by atoms with E-state index < -0.39 is 121 Å². The maximum atomic E-state index is 15.2. The number of amides is 6. The zero-order chi connectivity index (χ0) is 66.4. The van der Waals surface area contributed by atoms with E-state index in [0.717, 1.165) is 0 Å². The van der Waals surface area contributed by atoms with Crippen LogP contribution in [0.15, 0.2) is 212 Å². The molecule has 0 aliphatic rings. The van der Waals surface area contributed by atoms with E-state index in [9.17, 15) is 43.2 Å². The third-order valence-electron chi connectivity index (χ3n) is 14.0. The molecule has 7 aromatic rings. The van der Waals surface area contributed by atoms with Crippen LogP contribution in [0, 0.1) is 0 Å². The molecule has 0 bridgehead atoms. The Kier molecular flexibility index (Phi) is 26.9. The molecule has 0 fully saturated rings. The number of alkyl carbamates (subject to hydrolysis) is 1. The topological polar surface area (TPSA) is 289 Å². The van der Waals surface area contributed by atoms with E-state index in [2.05, 4.69) is 31.9 Å². The highest BCUT2D eigenvalue weighted by molar-refractivity contribution is 5.99. The second-order valence-electron chi connectivity index (χ2n) is 22.7. The van der Waals surface area contributed by atoms with Crippen LogP contribution >= 0.6 is 0 Å². The third kappa shape index (κ3) is 25.1. The first-order valence-corrected chi connectivity index (χ1v) is 30.2. The normalized spacial score (nSPS) is 12.8. The van der Waals surface area contributed by atoms with Gasteiger partial charge in [0.2, 0.25) is 29.5 Å². The first-order valence-electron chi connectivity index (χ1n) is 30.2. The van der Waals surface area contributed by atoms with Crippen molar-refractivity contribution >= 4 is 59.5 Å². The lowest BCUT2D eigenvalue weighted by Gasteiger charge is -2.27. The molecule has 93 heavy (non-hydrogen) atoms. The van der Waals surface area contributed by atoms with Crippen molar-refractivity contribution in [2.24, 2.45) is 0 Å². The van der Waals surface area contributed by atoms with Crippen LogP contribution in [-0.2, 0) is 113 Å². The van der Waals surface area contributed by atoms with Crippen LogP contribution in [-0.4, -0.2) is 101 Å². The standard InChI is InChI=1S/C72H76N6O15/c1-72(2,3)93-71(88)78-58(41-51-29-15-6-16-30-51)67(84)75-59(68(85)74-57(40-50-27-13-5-14-28-50)66(83)77-61(70(87)92-48-55-37-23-10-24-38-55)44-64(81)90-46-53-33-19-8-20-34-53)42-62(79)73-56(39-49-25-11-4-12-26-49)65(82)76-60(69(86)91-47-54-35-21-9-22-36-54)43-63(80)89-45-52-31-17-7-18-32-52/h4-38,56-61H,39-48H2,1-3H3,(H,73,79)(H,74,85)(H,75,84)(H,76,82)(H,77,83)(H,78,88). The highest BCUT2D eigenvalue weighted by atomic mass is 16.6. The van der Waals surface area contributed by atoms with Crippen molar-refractivity contribution in [1.29, 1.82) is 0 Å². The molecule has 21 nitrogen and oxygen atoms in total. The molecule has 6 unspecified atom stereocenters. The van der Waals surface area contributed by atoms with Gasteiger partial charge in [-0.15, -0.1) is 0 Å². The van der Waals surface area contributed by atoms with E-state index in [4.69, 9.17) is 23.7 Å². The smallest absolute Gasteiger partial charge is 0.408 e. The average Bonchev–Trinajstić information content (AvgIpc) is 1.29. The first-order chi connectivity index (χ1) is 44.8. The fourth-order valence-corrected chi connectivity index (χ4v) is 9.34. The average molecular weight is 1270 g/mol. The van der Waals surface area contributed by atoms with Gasteiger partial charge in [-0.2, -0.15) is 0 Å².